The number of rotatable bonds is 2. The van der Waals surface area contributed by atoms with Crippen LogP contribution in [0.5, 0.6) is 0 Å². The Morgan fingerprint density at radius 3 is 2.88 bits per heavy atom. The van der Waals surface area contributed by atoms with E-state index >= 15 is 0 Å². The molecule has 2 N–H and O–H groups in total. The van der Waals surface area contributed by atoms with Crippen LogP contribution in [-0.2, 0) is 0 Å². The molecule has 1 amide bonds. The minimum absolute atomic E-state index is 0.130. The lowest BCUT2D eigenvalue weighted by atomic mass is 10.4. The van der Waals surface area contributed by atoms with Crippen LogP contribution in [0.4, 0.5) is 5.13 Å². The first-order valence-electron chi connectivity index (χ1n) is 4.13. The van der Waals surface area contributed by atoms with Crippen molar-refractivity contribution in [2.45, 2.75) is 0 Å². The third-order valence-corrected chi connectivity index (χ3v) is 3.00. The van der Waals surface area contributed by atoms with Gasteiger partial charge in [0.15, 0.2) is 5.13 Å². The van der Waals surface area contributed by atoms with E-state index in [-0.39, 0.29) is 11.3 Å². The molecule has 2 rings (SSSR count). The van der Waals surface area contributed by atoms with Crippen molar-refractivity contribution in [1.82, 2.24) is 15.2 Å². The van der Waals surface area contributed by atoms with Gasteiger partial charge in [0.1, 0.15) is 5.69 Å². The molecule has 0 atom stereocenters. The normalized spacial score (nSPS) is 10.1. The molecular formula is C8H5BrN4O2S. The Morgan fingerprint density at radius 1 is 1.50 bits per heavy atom. The molecule has 0 fully saturated rings. The van der Waals surface area contributed by atoms with Crippen molar-refractivity contribution in [1.29, 1.82) is 0 Å². The quantitative estimate of drug-likeness (QED) is 0.873. The van der Waals surface area contributed by atoms with Crippen molar-refractivity contribution >= 4 is 38.3 Å². The summed E-state index contributed by atoms with van der Waals surface area (Å²) in [7, 11) is 0. The standard InChI is InChI=1S/C8H5BrN4O2S/c9-5-3-10-8(16-5)11-7(15)4-1-2-6(14)13-12-4/h1-3H,(H,13,14)(H,10,11,15). The Kier molecular flexibility index (Phi) is 3.11. The van der Waals surface area contributed by atoms with Crippen LogP contribution >= 0.6 is 27.3 Å². The fourth-order valence-corrected chi connectivity index (χ4v) is 2.05. The van der Waals surface area contributed by atoms with E-state index in [1.165, 1.54) is 23.5 Å². The highest BCUT2D eigenvalue weighted by molar-refractivity contribution is 9.11. The molecule has 0 unspecified atom stereocenters. The molecule has 0 aliphatic rings. The summed E-state index contributed by atoms with van der Waals surface area (Å²) in [6.07, 6.45) is 1.58. The molecular weight excluding hydrogens is 296 g/mol. The molecule has 2 heterocycles. The number of aromatic amines is 1. The van der Waals surface area contributed by atoms with E-state index in [0.29, 0.717) is 5.13 Å². The van der Waals surface area contributed by atoms with Gasteiger partial charge in [-0.25, -0.2) is 10.1 Å². The average Bonchev–Trinajstić information content (AvgIpc) is 2.65. The highest BCUT2D eigenvalue weighted by atomic mass is 79.9. The van der Waals surface area contributed by atoms with Gasteiger partial charge >= 0.3 is 0 Å². The van der Waals surface area contributed by atoms with E-state index in [4.69, 9.17) is 0 Å². The topological polar surface area (TPSA) is 87.7 Å². The van der Waals surface area contributed by atoms with Crippen LogP contribution in [0.25, 0.3) is 0 Å². The second-order valence-corrected chi connectivity index (χ2v) is 5.14. The molecule has 2 aromatic rings. The highest BCUT2D eigenvalue weighted by Gasteiger charge is 2.09. The second-order valence-electron chi connectivity index (χ2n) is 2.73. The minimum atomic E-state index is -0.418. The number of carbonyl (C=O) groups is 1. The van der Waals surface area contributed by atoms with Crippen molar-refractivity contribution in [3.63, 3.8) is 0 Å². The van der Waals surface area contributed by atoms with Gasteiger partial charge in [-0.3, -0.25) is 14.9 Å². The maximum Gasteiger partial charge on any atom is 0.277 e. The van der Waals surface area contributed by atoms with Crippen LogP contribution in [-0.4, -0.2) is 21.1 Å². The first kappa shape index (κ1) is 11.0. The molecule has 0 saturated heterocycles. The van der Waals surface area contributed by atoms with Crippen LogP contribution in [0.3, 0.4) is 0 Å². The van der Waals surface area contributed by atoms with Gasteiger partial charge in [-0.2, -0.15) is 5.10 Å². The largest absolute Gasteiger partial charge is 0.296 e. The third kappa shape index (κ3) is 2.52. The summed E-state index contributed by atoms with van der Waals surface area (Å²) < 4.78 is 0.817. The first-order valence-corrected chi connectivity index (χ1v) is 5.74. The van der Waals surface area contributed by atoms with Gasteiger partial charge in [0.05, 0.1) is 9.98 Å². The molecule has 2 aromatic heterocycles. The molecule has 0 aromatic carbocycles. The van der Waals surface area contributed by atoms with Gasteiger partial charge in [0.2, 0.25) is 0 Å². The fourth-order valence-electron chi connectivity index (χ4n) is 0.944. The van der Waals surface area contributed by atoms with E-state index < -0.39 is 5.91 Å². The molecule has 0 bridgehead atoms. The van der Waals surface area contributed by atoms with Crippen LogP contribution < -0.4 is 10.9 Å². The van der Waals surface area contributed by atoms with Crippen molar-refractivity contribution < 1.29 is 4.79 Å². The summed E-state index contributed by atoms with van der Waals surface area (Å²) in [5, 5.41) is 8.79. The monoisotopic (exact) mass is 300 g/mol. The van der Waals surface area contributed by atoms with E-state index in [1.807, 2.05) is 0 Å². The highest BCUT2D eigenvalue weighted by Crippen LogP contribution is 2.23. The summed E-state index contributed by atoms with van der Waals surface area (Å²) in [6.45, 7) is 0. The zero-order chi connectivity index (χ0) is 11.5. The number of H-pyrrole nitrogens is 1. The predicted molar refractivity (Wildman–Crippen MR) is 62.6 cm³/mol. The molecule has 82 valence electrons. The number of aromatic nitrogens is 3. The lowest BCUT2D eigenvalue weighted by Crippen LogP contribution is -2.17. The van der Waals surface area contributed by atoms with Crippen LogP contribution in [0.15, 0.2) is 26.9 Å². The van der Waals surface area contributed by atoms with Gasteiger partial charge in [0.25, 0.3) is 11.5 Å². The molecule has 16 heavy (non-hydrogen) atoms. The molecule has 8 heteroatoms. The maximum absolute atomic E-state index is 11.6. The van der Waals surface area contributed by atoms with Gasteiger partial charge in [0, 0.05) is 6.07 Å². The summed E-state index contributed by atoms with van der Waals surface area (Å²) >= 11 is 4.52. The zero-order valence-electron chi connectivity index (χ0n) is 7.73. The number of thiazole rings is 1. The zero-order valence-corrected chi connectivity index (χ0v) is 10.1. The minimum Gasteiger partial charge on any atom is -0.296 e. The lowest BCUT2D eigenvalue weighted by Gasteiger charge is -1.98. The molecule has 0 aliphatic heterocycles. The SMILES string of the molecule is O=C(Nc1ncc(Br)s1)c1ccc(=O)[nH]n1. The summed E-state index contributed by atoms with van der Waals surface area (Å²) in [6, 6.07) is 2.58. The second kappa shape index (κ2) is 4.54. The molecule has 6 nitrogen and oxygen atoms in total. The van der Waals surface area contributed by atoms with Crippen LogP contribution in [0.2, 0.25) is 0 Å². The van der Waals surface area contributed by atoms with E-state index in [0.717, 1.165) is 3.79 Å². The Labute approximate surface area is 102 Å². The summed E-state index contributed by atoms with van der Waals surface area (Å²) in [4.78, 5) is 26.3. The number of hydrogen-bond acceptors (Lipinski definition) is 5. The predicted octanol–water partition coefficient (Wildman–Crippen LogP) is 1.24. The van der Waals surface area contributed by atoms with Crippen LogP contribution in [0.1, 0.15) is 10.5 Å². The number of carbonyl (C=O) groups excluding carboxylic acids is 1. The number of halogens is 1. The number of nitrogens with one attached hydrogen (secondary N) is 2. The van der Waals surface area contributed by atoms with Gasteiger partial charge in [-0.15, -0.1) is 0 Å². The van der Waals surface area contributed by atoms with Gasteiger partial charge in [-0.1, -0.05) is 11.3 Å². The van der Waals surface area contributed by atoms with E-state index in [9.17, 15) is 9.59 Å². The average molecular weight is 301 g/mol. The van der Waals surface area contributed by atoms with Gasteiger partial charge < -0.3 is 0 Å². The number of nitrogens with zero attached hydrogens (tertiary/aromatic N) is 2. The van der Waals surface area contributed by atoms with E-state index in [1.54, 1.807) is 6.20 Å². The number of anilines is 1. The lowest BCUT2D eigenvalue weighted by molar-refractivity contribution is 0.102. The third-order valence-electron chi connectivity index (χ3n) is 1.61. The Morgan fingerprint density at radius 2 is 2.31 bits per heavy atom. The number of hydrogen-bond donors (Lipinski definition) is 2. The fraction of sp³-hybridized carbons (Fsp3) is 0. The van der Waals surface area contributed by atoms with Gasteiger partial charge in [-0.05, 0) is 22.0 Å². The summed E-state index contributed by atoms with van der Waals surface area (Å²) in [5.74, 6) is -0.418. The van der Waals surface area contributed by atoms with Crippen molar-refractivity contribution in [2.75, 3.05) is 5.32 Å². The van der Waals surface area contributed by atoms with Crippen molar-refractivity contribution in [2.24, 2.45) is 0 Å². The summed E-state index contributed by atoms with van der Waals surface area (Å²) in [5.41, 5.74) is -0.223. The maximum atomic E-state index is 11.6. The molecule has 0 spiro atoms. The van der Waals surface area contributed by atoms with Crippen molar-refractivity contribution in [3.8, 4) is 0 Å². The molecule has 0 radical (unpaired) electrons. The van der Waals surface area contributed by atoms with Crippen molar-refractivity contribution in [3.05, 3.63) is 38.2 Å². The smallest absolute Gasteiger partial charge is 0.277 e. The number of amides is 1. The Balaban J connectivity index is 2.14. The Hall–Kier alpha value is -1.54. The molecule has 0 saturated carbocycles. The van der Waals surface area contributed by atoms with Crippen LogP contribution in [0, 0.1) is 0 Å². The van der Waals surface area contributed by atoms with E-state index in [2.05, 4.69) is 36.4 Å². The Bertz CT molecular complexity index is 559. The first-order chi connectivity index (χ1) is 7.65. The molecule has 0 aliphatic carbocycles.